The Kier molecular flexibility index (Phi) is 6.35. The van der Waals surface area contributed by atoms with E-state index >= 15 is 0 Å². The average molecular weight is 482 g/mol. The molecule has 0 atom stereocenters. The van der Waals surface area contributed by atoms with Crippen molar-refractivity contribution >= 4 is 58.0 Å². The number of carbonyl (C=O) groups is 3. The summed E-state index contributed by atoms with van der Waals surface area (Å²) in [4.78, 5) is 39.2. The molecule has 1 aliphatic rings. The molecule has 7 nitrogen and oxygen atoms in total. The maximum atomic E-state index is 13.0. The molecule has 0 radical (unpaired) electrons. The fraction of sp³-hybridized carbons (Fsp3) is 0.0417. The first-order valence-electron chi connectivity index (χ1n) is 9.74. The fourth-order valence-corrected chi connectivity index (χ4v) is 3.53. The molecule has 4 rings (SSSR count). The van der Waals surface area contributed by atoms with E-state index in [0.29, 0.717) is 33.4 Å². The number of nitrogens with zero attached hydrogens (tertiary/aromatic N) is 1. The number of rotatable bonds is 6. The van der Waals surface area contributed by atoms with E-state index in [2.05, 4.69) is 10.6 Å². The molecule has 2 N–H and O–H groups in total. The van der Waals surface area contributed by atoms with E-state index in [1.807, 2.05) is 0 Å². The number of benzene rings is 3. The number of ether oxygens (including phenoxy) is 1. The molecule has 166 valence electrons. The Morgan fingerprint density at radius 1 is 0.879 bits per heavy atom. The predicted molar refractivity (Wildman–Crippen MR) is 128 cm³/mol. The molecule has 0 unspecified atom stereocenters. The van der Waals surface area contributed by atoms with Gasteiger partial charge in [-0.3, -0.25) is 14.4 Å². The lowest BCUT2D eigenvalue weighted by Crippen LogP contribution is -2.32. The van der Waals surface area contributed by atoms with Crippen LogP contribution in [-0.4, -0.2) is 24.8 Å². The lowest BCUT2D eigenvalue weighted by atomic mass is 10.1. The van der Waals surface area contributed by atoms with Gasteiger partial charge in [-0.2, -0.15) is 0 Å². The van der Waals surface area contributed by atoms with Gasteiger partial charge in [0.05, 0.1) is 12.8 Å². The normalized spacial score (nSPS) is 13.4. The van der Waals surface area contributed by atoms with Crippen molar-refractivity contribution in [2.45, 2.75) is 0 Å². The van der Waals surface area contributed by atoms with Gasteiger partial charge >= 0.3 is 0 Å². The van der Waals surface area contributed by atoms with Crippen LogP contribution in [0.4, 0.5) is 17.1 Å². The summed E-state index contributed by atoms with van der Waals surface area (Å²) in [5.74, 6) is -1.02. The van der Waals surface area contributed by atoms with Crippen LogP contribution in [0.3, 0.4) is 0 Å². The Bertz CT molecular complexity index is 1270. The van der Waals surface area contributed by atoms with Crippen molar-refractivity contribution < 1.29 is 19.1 Å². The molecule has 33 heavy (non-hydrogen) atoms. The Morgan fingerprint density at radius 2 is 1.58 bits per heavy atom. The van der Waals surface area contributed by atoms with E-state index in [-0.39, 0.29) is 16.6 Å². The molecule has 9 heteroatoms. The molecule has 0 spiro atoms. The fourth-order valence-electron chi connectivity index (χ4n) is 3.20. The van der Waals surface area contributed by atoms with Gasteiger partial charge in [0.25, 0.3) is 17.7 Å². The maximum Gasteiger partial charge on any atom is 0.283 e. The summed E-state index contributed by atoms with van der Waals surface area (Å²) in [5.41, 5.74) is 1.63. The number of hydrogen-bond acceptors (Lipinski definition) is 5. The van der Waals surface area contributed by atoms with Gasteiger partial charge < -0.3 is 15.4 Å². The van der Waals surface area contributed by atoms with Crippen LogP contribution in [0.1, 0.15) is 10.4 Å². The molecule has 3 aromatic rings. The summed E-state index contributed by atoms with van der Waals surface area (Å²) in [5, 5.41) is 5.95. The summed E-state index contributed by atoms with van der Waals surface area (Å²) in [6, 6.07) is 19.6. The van der Waals surface area contributed by atoms with E-state index in [0.717, 1.165) is 4.90 Å². The highest BCUT2D eigenvalue weighted by atomic mass is 35.5. The van der Waals surface area contributed by atoms with Crippen molar-refractivity contribution in [1.29, 1.82) is 0 Å². The van der Waals surface area contributed by atoms with E-state index < -0.39 is 11.8 Å². The zero-order valence-electron chi connectivity index (χ0n) is 17.3. The van der Waals surface area contributed by atoms with Gasteiger partial charge in [0.1, 0.15) is 16.5 Å². The number of halogens is 2. The number of methoxy groups -OCH3 is 1. The molecular formula is C24H17Cl2N3O4. The Labute approximate surface area is 199 Å². The van der Waals surface area contributed by atoms with Crippen LogP contribution in [-0.2, 0) is 9.59 Å². The Hall–Kier alpha value is -3.81. The molecule has 3 amide bonds. The van der Waals surface area contributed by atoms with Crippen LogP contribution >= 0.6 is 23.2 Å². The second kappa shape index (κ2) is 9.36. The second-order valence-corrected chi connectivity index (χ2v) is 7.81. The van der Waals surface area contributed by atoms with Gasteiger partial charge in [-0.05, 0) is 66.7 Å². The quantitative estimate of drug-likeness (QED) is 0.481. The number of carbonyl (C=O) groups excluding carboxylic acids is 3. The summed E-state index contributed by atoms with van der Waals surface area (Å²) in [6.07, 6.45) is 0. The van der Waals surface area contributed by atoms with Crippen molar-refractivity contribution in [1.82, 2.24) is 0 Å². The van der Waals surface area contributed by atoms with E-state index in [9.17, 15) is 14.4 Å². The van der Waals surface area contributed by atoms with Crippen molar-refractivity contribution in [2.24, 2.45) is 0 Å². The zero-order valence-corrected chi connectivity index (χ0v) is 18.8. The third kappa shape index (κ3) is 4.69. The molecule has 0 saturated heterocycles. The Morgan fingerprint density at radius 3 is 2.24 bits per heavy atom. The molecule has 0 saturated carbocycles. The molecule has 1 heterocycles. The van der Waals surface area contributed by atoms with Crippen LogP contribution in [0.25, 0.3) is 0 Å². The third-order valence-electron chi connectivity index (χ3n) is 4.85. The number of imide groups is 1. The van der Waals surface area contributed by atoms with Crippen LogP contribution in [0.5, 0.6) is 5.75 Å². The van der Waals surface area contributed by atoms with Crippen LogP contribution < -0.4 is 20.3 Å². The van der Waals surface area contributed by atoms with Crippen LogP contribution in [0.2, 0.25) is 5.02 Å². The summed E-state index contributed by atoms with van der Waals surface area (Å²) in [7, 11) is 1.52. The highest BCUT2D eigenvalue weighted by molar-refractivity contribution is 6.53. The van der Waals surface area contributed by atoms with Gasteiger partial charge in [-0.25, -0.2) is 4.90 Å². The minimum atomic E-state index is -0.647. The number of anilines is 3. The minimum absolute atomic E-state index is 0.0762. The lowest BCUT2D eigenvalue weighted by Gasteiger charge is -2.15. The molecule has 0 bridgehead atoms. The average Bonchev–Trinajstić information content (AvgIpc) is 3.04. The van der Waals surface area contributed by atoms with Crippen molar-refractivity contribution in [2.75, 3.05) is 22.6 Å². The Balaban J connectivity index is 1.52. The van der Waals surface area contributed by atoms with Crippen molar-refractivity contribution in [3.63, 3.8) is 0 Å². The monoisotopic (exact) mass is 481 g/mol. The van der Waals surface area contributed by atoms with Gasteiger partial charge in [0.15, 0.2) is 0 Å². The predicted octanol–water partition coefficient (Wildman–Crippen LogP) is 5.04. The standard InChI is InChI=1S/C24H17Cl2N3O4/c1-33-19-11-9-18(10-12-19)29-23(31)20(26)21(24(29)32)27-17-4-2-3-14(13-17)22(30)28-16-7-5-15(25)6-8-16/h2-13,27H,1H3,(H,28,30). The van der Waals surface area contributed by atoms with E-state index in [1.54, 1.807) is 72.8 Å². The van der Waals surface area contributed by atoms with Crippen molar-refractivity contribution in [3.8, 4) is 5.75 Å². The summed E-state index contributed by atoms with van der Waals surface area (Å²) in [6.45, 7) is 0. The van der Waals surface area contributed by atoms with Crippen molar-refractivity contribution in [3.05, 3.63) is 94.1 Å². The summed E-state index contributed by atoms with van der Waals surface area (Å²) >= 11 is 12.1. The minimum Gasteiger partial charge on any atom is -0.497 e. The summed E-state index contributed by atoms with van der Waals surface area (Å²) < 4.78 is 5.10. The SMILES string of the molecule is COc1ccc(N2C(=O)C(Cl)=C(Nc3cccc(C(=O)Nc4ccc(Cl)cc4)c3)C2=O)cc1. The van der Waals surface area contributed by atoms with Gasteiger partial charge in [0.2, 0.25) is 0 Å². The number of nitrogens with one attached hydrogen (secondary N) is 2. The first kappa shape index (κ1) is 22.4. The molecule has 0 aliphatic carbocycles. The highest BCUT2D eigenvalue weighted by Crippen LogP contribution is 2.31. The van der Waals surface area contributed by atoms with Gasteiger partial charge in [0, 0.05) is 22.0 Å². The molecule has 0 fully saturated rings. The van der Waals surface area contributed by atoms with E-state index in [4.69, 9.17) is 27.9 Å². The largest absolute Gasteiger partial charge is 0.497 e. The topological polar surface area (TPSA) is 87.7 Å². The number of amides is 3. The molecule has 1 aliphatic heterocycles. The lowest BCUT2D eigenvalue weighted by molar-refractivity contribution is -0.120. The highest BCUT2D eigenvalue weighted by Gasteiger charge is 2.39. The third-order valence-corrected chi connectivity index (χ3v) is 5.46. The molecule has 0 aromatic heterocycles. The van der Waals surface area contributed by atoms with Gasteiger partial charge in [-0.15, -0.1) is 0 Å². The first-order valence-corrected chi connectivity index (χ1v) is 10.5. The van der Waals surface area contributed by atoms with Crippen LogP contribution in [0, 0.1) is 0 Å². The van der Waals surface area contributed by atoms with Crippen LogP contribution in [0.15, 0.2) is 83.5 Å². The molecular weight excluding hydrogens is 465 g/mol. The second-order valence-electron chi connectivity index (χ2n) is 7.00. The number of hydrogen-bond donors (Lipinski definition) is 2. The molecule has 3 aromatic carbocycles. The zero-order chi connectivity index (χ0) is 23.5. The maximum absolute atomic E-state index is 13.0. The van der Waals surface area contributed by atoms with Gasteiger partial charge in [-0.1, -0.05) is 29.3 Å². The van der Waals surface area contributed by atoms with E-state index in [1.165, 1.54) is 7.11 Å². The first-order chi connectivity index (χ1) is 15.9. The smallest absolute Gasteiger partial charge is 0.283 e.